The van der Waals surface area contributed by atoms with Gasteiger partial charge >= 0.3 is 0 Å². The molecule has 1 unspecified atom stereocenters. The van der Waals surface area contributed by atoms with E-state index in [-0.39, 0.29) is 5.91 Å². The number of nitrogens with one attached hydrogen (secondary N) is 1. The summed E-state index contributed by atoms with van der Waals surface area (Å²) in [7, 11) is 1.90. The standard InChI is InChI=1S/C12H22N2O2/c1-14(10-4-5-10)12(15)9-13-7-6-11-3-2-8-16-11/h10-11,13H,2-9H2,1H3. The molecular formula is C12H22N2O2. The van der Waals surface area contributed by atoms with E-state index < -0.39 is 0 Å². The highest BCUT2D eigenvalue weighted by Crippen LogP contribution is 2.25. The maximum atomic E-state index is 11.7. The second-order valence-corrected chi connectivity index (χ2v) is 4.84. The van der Waals surface area contributed by atoms with Crippen molar-refractivity contribution in [2.45, 2.75) is 44.2 Å². The first-order valence-corrected chi connectivity index (χ1v) is 6.35. The highest BCUT2D eigenvalue weighted by atomic mass is 16.5. The molecule has 1 saturated heterocycles. The largest absolute Gasteiger partial charge is 0.378 e. The molecule has 0 aromatic carbocycles. The van der Waals surface area contributed by atoms with E-state index in [4.69, 9.17) is 4.74 Å². The molecule has 1 atom stereocenters. The molecule has 0 radical (unpaired) electrons. The number of carbonyl (C=O) groups excluding carboxylic acids is 1. The fourth-order valence-corrected chi connectivity index (χ4v) is 2.12. The van der Waals surface area contributed by atoms with Crippen LogP contribution in [0.3, 0.4) is 0 Å². The SMILES string of the molecule is CN(C(=O)CNCCC1CCCO1)C1CC1. The van der Waals surface area contributed by atoms with Gasteiger partial charge in [0.05, 0.1) is 12.6 Å². The van der Waals surface area contributed by atoms with Gasteiger partial charge in [0.25, 0.3) is 0 Å². The van der Waals surface area contributed by atoms with Crippen LogP contribution in [0, 0.1) is 0 Å². The lowest BCUT2D eigenvalue weighted by Gasteiger charge is -2.17. The minimum absolute atomic E-state index is 0.217. The van der Waals surface area contributed by atoms with Crippen LogP contribution < -0.4 is 5.32 Å². The van der Waals surface area contributed by atoms with Gasteiger partial charge in [0.1, 0.15) is 0 Å². The molecule has 16 heavy (non-hydrogen) atoms. The van der Waals surface area contributed by atoms with Crippen LogP contribution in [0.5, 0.6) is 0 Å². The van der Waals surface area contributed by atoms with Crippen LogP contribution in [0.25, 0.3) is 0 Å². The first kappa shape index (κ1) is 11.9. The predicted molar refractivity (Wildman–Crippen MR) is 62.3 cm³/mol. The van der Waals surface area contributed by atoms with Gasteiger partial charge < -0.3 is 15.0 Å². The fourth-order valence-electron chi connectivity index (χ4n) is 2.12. The van der Waals surface area contributed by atoms with Crippen LogP contribution in [0.1, 0.15) is 32.1 Å². The summed E-state index contributed by atoms with van der Waals surface area (Å²) in [5, 5.41) is 3.20. The molecule has 2 fully saturated rings. The number of amides is 1. The Kier molecular flexibility index (Phi) is 4.18. The van der Waals surface area contributed by atoms with Gasteiger partial charge in [-0.25, -0.2) is 0 Å². The van der Waals surface area contributed by atoms with E-state index >= 15 is 0 Å². The highest BCUT2D eigenvalue weighted by Gasteiger charge is 2.29. The Morgan fingerprint density at radius 1 is 1.44 bits per heavy atom. The van der Waals surface area contributed by atoms with Crippen molar-refractivity contribution >= 4 is 5.91 Å². The molecule has 92 valence electrons. The fraction of sp³-hybridized carbons (Fsp3) is 0.917. The van der Waals surface area contributed by atoms with Crippen LogP contribution in [-0.4, -0.2) is 49.7 Å². The maximum Gasteiger partial charge on any atom is 0.236 e. The van der Waals surface area contributed by atoms with E-state index in [0.717, 1.165) is 19.6 Å². The number of hydrogen-bond acceptors (Lipinski definition) is 3. The minimum Gasteiger partial charge on any atom is -0.378 e. The molecule has 1 amide bonds. The molecule has 2 aliphatic rings. The first-order valence-electron chi connectivity index (χ1n) is 6.35. The molecule has 0 aromatic rings. The molecule has 0 aromatic heterocycles. The van der Waals surface area contributed by atoms with Crippen molar-refractivity contribution in [3.63, 3.8) is 0 Å². The summed E-state index contributed by atoms with van der Waals surface area (Å²) in [6, 6.07) is 0.521. The number of nitrogens with zero attached hydrogens (tertiary/aromatic N) is 1. The Morgan fingerprint density at radius 2 is 2.25 bits per heavy atom. The van der Waals surface area contributed by atoms with Crippen LogP contribution in [-0.2, 0) is 9.53 Å². The first-order chi connectivity index (χ1) is 7.77. The molecule has 4 nitrogen and oxygen atoms in total. The van der Waals surface area contributed by atoms with E-state index in [1.54, 1.807) is 0 Å². The van der Waals surface area contributed by atoms with Crippen LogP contribution in [0.2, 0.25) is 0 Å². The Balaban J connectivity index is 1.51. The van der Waals surface area contributed by atoms with E-state index in [1.165, 1.54) is 25.7 Å². The van der Waals surface area contributed by atoms with Gasteiger partial charge in [0.2, 0.25) is 5.91 Å². The van der Waals surface area contributed by atoms with Crippen molar-refractivity contribution in [3.05, 3.63) is 0 Å². The summed E-state index contributed by atoms with van der Waals surface area (Å²) in [6.45, 7) is 2.27. The summed E-state index contributed by atoms with van der Waals surface area (Å²) in [6.07, 6.45) is 6.17. The van der Waals surface area contributed by atoms with Crippen molar-refractivity contribution in [1.82, 2.24) is 10.2 Å². The molecule has 1 heterocycles. The van der Waals surface area contributed by atoms with Crippen LogP contribution in [0.4, 0.5) is 0 Å². The van der Waals surface area contributed by atoms with Crippen molar-refractivity contribution in [3.8, 4) is 0 Å². The molecule has 4 heteroatoms. The normalized spacial score (nSPS) is 24.7. The topological polar surface area (TPSA) is 41.6 Å². The Bertz CT molecular complexity index is 235. The average Bonchev–Trinajstić information content (AvgIpc) is 3.01. The Morgan fingerprint density at radius 3 is 2.88 bits per heavy atom. The smallest absolute Gasteiger partial charge is 0.236 e. The second-order valence-electron chi connectivity index (χ2n) is 4.84. The predicted octanol–water partition coefficient (Wildman–Crippen LogP) is 0.766. The van der Waals surface area contributed by atoms with Gasteiger partial charge in [-0.2, -0.15) is 0 Å². The molecule has 1 N–H and O–H groups in total. The molecule has 1 saturated carbocycles. The van der Waals surface area contributed by atoms with Gasteiger partial charge in [-0.1, -0.05) is 0 Å². The van der Waals surface area contributed by atoms with Gasteiger partial charge in [-0.05, 0) is 38.6 Å². The van der Waals surface area contributed by atoms with Gasteiger partial charge in [0.15, 0.2) is 0 Å². The minimum atomic E-state index is 0.217. The maximum absolute atomic E-state index is 11.7. The lowest BCUT2D eigenvalue weighted by Crippen LogP contribution is -2.37. The zero-order valence-corrected chi connectivity index (χ0v) is 10.1. The lowest BCUT2D eigenvalue weighted by atomic mass is 10.2. The zero-order valence-electron chi connectivity index (χ0n) is 10.1. The number of rotatable bonds is 6. The molecule has 0 spiro atoms. The molecular weight excluding hydrogens is 204 g/mol. The molecule has 1 aliphatic carbocycles. The number of likely N-dealkylation sites (N-methyl/N-ethyl adjacent to an activating group) is 1. The lowest BCUT2D eigenvalue weighted by molar-refractivity contribution is -0.129. The van der Waals surface area contributed by atoms with Crippen molar-refractivity contribution in [1.29, 1.82) is 0 Å². The van der Waals surface area contributed by atoms with E-state index in [1.807, 2.05) is 11.9 Å². The quantitative estimate of drug-likeness (QED) is 0.680. The number of ether oxygens (including phenoxy) is 1. The zero-order chi connectivity index (χ0) is 11.4. The van der Waals surface area contributed by atoms with Crippen molar-refractivity contribution in [2.75, 3.05) is 26.7 Å². The summed E-state index contributed by atoms with van der Waals surface area (Å²) in [4.78, 5) is 13.5. The third kappa shape index (κ3) is 3.46. The van der Waals surface area contributed by atoms with Crippen molar-refractivity contribution < 1.29 is 9.53 Å². The Hall–Kier alpha value is -0.610. The summed E-state index contributed by atoms with van der Waals surface area (Å²) in [5.74, 6) is 0.217. The van der Waals surface area contributed by atoms with Crippen LogP contribution >= 0.6 is 0 Å². The second kappa shape index (κ2) is 5.64. The van der Waals surface area contributed by atoms with Crippen LogP contribution in [0.15, 0.2) is 0 Å². The average molecular weight is 226 g/mol. The van der Waals surface area contributed by atoms with Gasteiger partial charge in [-0.3, -0.25) is 4.79 Å². The summed E-state index contributed by atoms with van der Waals surface area (Å²) in [5.41, 5.74) is 0. The third-order valence-corrected chi connectivity index (χ3v) is 3.43. The molecule has 2 rings (SSSR count). The third-order valence-electron chi connectivity index (χ3n) is 3.43. The van der Waals surface area contributed by atoms with Crippen molar-refractivity contribution in [2.24, 2.45) is 0 Å². The number of carbonyl (C=O) groups is 1. The van der Waals surface area contributed by atoms with Gasteiger partial charge in [-0.15, -0.1) is 0 Å². The Labute approximate surface area is 97.3 Å². The highest BCUT2D eigenvalue weighted by molar-refractivity contribution is 5.78. The monoisotopic (exact) mass is 226 g/mol. The van der Waals surface area contributed by atoms with E-state index in [0.29, 0.717) is 18.7 Å². The number of hydrogen-bond donors (Lipinski definition) is 1. The van der Waals surface area contributed by atoms with E-state index in [9.17, 15) is 4.79 Å². The molecule has 1 aliphatic heterocycles. The van der Waals surface area contributed by atoms with E-state index in [2.05, 4.69) is 5.32 Å². The summed E-state index contributed by atoms with van der Waals surface area (Å²) < 4.78 is 5.52. The summed E-state index contributed by atoms with van der Waals surface area (Å²) >= 11 is 0. The molecule has 0 bridgehead atoms. The van der Waals surface area contributed by atoms with Gasteiger partial charge in [0, 0.05) is 19.7 Å².